The molecule has 7 nitrogen and oxygen atoms in total. The second-order valence-electron chi connectivity index (χ2n) is 6.95. The van der Waals surface area contributed by atoms with Gasteiger partial charge in [-0.3, -0.25) is 14.5 Å². The predicted molar refractivity (Wildman–Crippen MR) is 110 cm³/mol. The molecule has 0 radical (unpaired) electrons. The minimum atomic E-state index is -0.270. The van der Waals surface area contributed by atoms with Crippen molar-refractivity contribution in [2.75, 3.05) is 19.6 Å². The summed E-state index contributed by atoms with van der Waals surface area (Å²) in [6.07, 6.45) is 3.19. The molecule has 2 aromatic carbocycles. The number of aromatic nitrogens is 1. The number of hydrogen-bond acceptors (Lipinski definition) is 3. The van der Waals surface area contributed by atoms with E-state index in [0.29, 0.717) is 30.6 Å². The lowest BCUT2D eigenvalue weighted by atomic mass is 10.1. The maximum Gasteiger partial charge on any atom is 0.314 e. The molecule has 0 aliphatic carbocycles. The molecule has 1 aliphatic heterocycles. The molecular weight excluding hydrogens is 368 g/mol. The Morgan fingerprint density at radius 2 is 1.55 bits per heavy atom. The topological polar surface area (TPSA) is 94.3 Å². The van der Waals surface area contributed by atoms with Crippen LogP contribution in [0.15, 0.2) is 54.7 Å². The highest BCUT2D eigenvalue weighted by molar-refractivity contribution is 6.21. The zero-order chi connectivity index (χ0) is 20.2. The predicted octanol–water partition coefficient (Wildman–Crippen LogP) is 2.70. The van der Waals surface area contributed by atoms with Gasteiger partial charge in [0.1, 0.15) is 0 Å². The lowest BCUT2D eigenvalue weighted by molar-refractivity contribution is 0.0653. The number of nitrogens with zero attached hydrogens (tertiary/aromatic N) is 1. The van der Waals surface area contributed by atoms with Gasteiger partial charge >= 0.3 is 6.03 Å². The highest BCUT2D eigenvalue weighted by Crippen LogP contribution is 2.22. The molecule has 0 unspecified atom stereocenters. The lowest BCUT2D eigenvalue weighted by Gasteiger charge is -2.14. The third-order valence-corrected chi connectivity index (χ3v) is 5.08. The zero-order valence-electron chi connectivity index (χ0n) is 15.9. The molecule has 0 saturated heterocycles. The maximum absolute atomic E-state index is 12.3. The number of aromatic amines is 1. The lowest BCUT2D eigenvalue weighted by Crippen LogP contribution is -2.38. The van der Waals surface area contributed by atoms with Crippen LogP contribution in [-0.2, 0) is 6.42 Å². The quantitative estimate of drug-likeness (QED) is 0.428. The molecular formula is C22H22N4O3. The fourth-order valence-corrected chi connectivity index (χ4v) is 3.59. The summed E-state index contributed by atoms with van der Waals surface area (Å²) < 4.78 is 0. The van der Waals surface area contributed by atoms with Gasteiger partial charge in [0, 0.05) is 36.7 Å². The first-order chi connectivity index (χ1) is 14.1. The van der Waals surface area contributed by atoms with Crippen LogP contribution in [0.2, 0.25) is 0 Å². The molecule has 1 aliphatic rings. The number of amides is 4. The van der Waals surface area contributed by atoms with Crippen LogP contribution in [-0.4, -0.2) is 47.4 Å². The molecule has 4 amide bonds. The van der Waals surface area contributed by atoms with Gasteiger partial charge in [0.05, 0.1) is 11.1 Å². The van der Waals surface area contributed by atoms with Gasteiger partial charge < -0.3 is 15.6 Å². The van der Waals surface area contributed by atoms with Crippen LogP contribution in [0.1, 0.15) is 32.7 Å². The molecule has 0 bridgehead atoms. The highest BCUT2D eigenvalue weighted by atomic mass is 16.2. The number of urea groups is 1. The maximum atomic E-state index is 12.3. The summed E-state index contributed by atoms with van der Waals surface area (Å²) in [6, 6.07) is 14.6. The SMILES string of the molecule is O=C(NCCCN1C(=O)c2ccccc2C1=O)NCCc1c[nH]c2ccccc12. The van der Waals surface area contributed by atoms with E-state index in [1.54, 1.807) is 24.3 Å². The highest BCUT2D eigenvalue weighted by Gasteiger charge is 2.34. The average molecular weight is 390 g/mol. The van der Waals surface area contributed by atoms with Crippen molar-refractivity contribution in [3.63, 3.8) is 0 Å². The van der Waals surface area contributed by atoms with Crippen molar-refractivity contribution in [2.45, 2.75) is 12.8 Å². The van der Waals surface area contributed by atoms with E-state index >= 15 is 0 Å². The molecule has 148 valence electrons. The fraction of sp³-hybridized carbons (Fsp3) is 0.227. The Morgan fingerprint density at radius 3 is 2.31 bits per heavy atom. The van der Waals surface area contributed by atoms with Gasteiger partial charge in [-0.25, -0.2) is 4.79 Å². The van der Waals surface area contributed by atoms with Gasteiger partial charge in [-0.2, -0.15) is 0 Å². The van der Waals surface area contributed by atoms with Gasteiger partial charge in [0.15, 0.2) is 0 Å². The first-order valence-electron chi connectivity index (χ1n) is 9.67. The Hall–Kier alpha value is -3.61. The first-order valence-corrected chi connectivity index (χ1v) is 9.67. The molecule has 2 heterocycles. The molecule has 0 spiro atoms. The van der Waals surface area contributed by atoms with Crippen LogP contribution in [0.3, 0.4) is 0 Å². The van der Waals surface area contributed by atoms with Crippen molar-refractivity contribution in [1.82, 2.24) is 20.5 Å². The van der Waals surface area contributed by atoms with Gasteiger partial charge in [-0.15, -0.1) is 0 Å². The number of nitrogens with one attached hydrogen (secondary N) is 3. The zero-order valence-corrected chi connectivity index (χ0v) is 15.9. The summed E-state index contributed by atoms with van der Waals surface area (Å²) >= 11 is 0. The van der Waals surface area contributed by atoms with E-state index < -0.39 is 0 Å². The summed E-state index contributed by atoms with van der Waals surface area (Å²) in [5.41, 5.74) is 3.13. The summed E-state index contributed by atoms with van der Waals surface area (Å²) in [5.74, 6) is -0.539. The minimum absolute atomic E-state index is 0.257. The van der Waals surface area contributed by atoms with E-state index in [1.807, 2.05) is 24.4 Å². The average Bonchev–Trinajstić information content (AvgIpc) is 3.26. The second kappa shape index (κ2) is 8.18. The third-order valence-electron chi connectivity index (χ3n) is 5.08. The Kier molecular flexibility index (Phi) is 5.29. The summed E-state index contributed by atoms with van der Waals surface area (Å²) in [7, 11) is 0. The van der Waals surface area contributed by atoms with E-state index in [0.717, 1.165) is 22.9 Å². The summed E-state index contributed by atoms with van der Waals surface area (Å²) in [5, 5.41) is 6.76. The second-order valence-corrected chi connectivity index (χ2v) is 6.95. The first kappa shape index (κ1) is 18.7. The van der Waals surface area contributed by atoms with Crippen LogP contribution in [0.4, 0.5) is 4.79 Å². The molecule has 0 atom stereocenters. The number of fused-ring (bicyclic) bond motifs is 2. The van der Waals surface area contributed by atoms with Crippen molar-refractivity contribution < 1.29 is 14.4 Å². The molecule has 3 N–H and O–H groups in total. The Bertz CT molecular complexity index is 1040. The standard InChI is InChI=1S/C22H22N4O3/c27-20-17-7-1-2-8-18(17)21(28)26(20)13-5-11-23-22(29)24-12-10-15-14-25-19-9-4-3-6-16(15)19/h1-4,6-9,14,25H,5,10-13H2,(H2,23,24,29). The van der Waals surface area contributed by atoms with E-state index in [4.69, 9.17) is 0 Å². The smallest absolute Gasteiger partial charge is 0.314 e. The molecule has 1 aromatic heterocycles. The van der Waals surface area contributed by atoms with Crippen LogP contribution in [0.5, 0.6) is 0 Å². The minimum Gasteiger partial charge on any atom is -0.361 e. The van der Waals surface area contributed by atoms with E-state index in [2.05, 4.69) is 21.7 Å². The molecule has 7 heteroatoms. The van der Waals surface area contributed by atoms with Crippen LogP contribution < -0.4 is 10.6 Å². The summed E-state index contributed by atoms with van der Waals surface area (Å²) in [6.45, 7) is 1.18. The van der Waals surface area contributed by atoms with Gasteiger partial charge in [-0.05, 0) is 36.6 Å². The van der Waals surface area contributed by atoms with Crippen molar-refractivity contribution in [2.24, 2.45) is 0 Å². The van der Waals surface area contributed by atoms with E-state index in [9.17, 15) is 14.4 Å². The van der Waals surface area contributed by atoms with Crippen LogP contribution in [0.25, 0.3) is 10.9 Å². The molecule has 4 rings (SSSR count). The van der Waals surface area contributed by atoms with Crippen molar-refractivity contribution in [3.05, 3.63) is 71.4 Å². The van der Waals surface area contributed by atoms with Crippen molar-refractivity contribution in [1.29, 1.82) is 0 Å². The third kappa shape index (κ3) is 3.85. The number of hydrogen-bond donors (Lipinski definition) is 3. The normalized spacial score (nSPS) is 13.0. The Labute approximate surface area is 168 Å². The monoisotopic (exact) mass is 390 g/mol. The van der Waals surface area contributed by atoms with Crippen molar-refractivity contribution >= 4 is 28.7 Å². The van der Waals surface area contributed by atoms with Crippen LogP contribution in [0, 0.1) is 0 Å². The van der Waals surface area contributed by atoms with Crippen LogP contribution >= 0.6 is 0 Å². The number of carbonyl (C=O) groups is 3. The fourth-order valence-electron chi connectivity index (χ4n) is 3.59. The number of rotatable bonds is 7. The molecule has 29 heavy (non-hydrogen) atoms. The van der Waals surface area contributed by atoms with Gasteiger partial charge in [0.2, 0.25) is 0 Å². The Balaban J connectivity index is 1.17. The summed E-state index contributed by atoms with van der Waals surface area (Å²) in [4.78, 5) is 41.0. The number of H-pyrrole nitrogens is 1. The number of benzene rings is 2. The van der Waals surface area contributed by atoms with Gasteiger partial charge in [0.25, 0.3) is 11.8 Å². The molecule has 0 saturated carbocycles. The largest absolute Gasteiger partial charge is 0.361 e. The number of carbonyl (C=O) groups excluding carboxylic acids is 3. The number of imide groups is 1. The molecule has 3 aromatic rings. The van der Waals surface area contributed by atoms with E-state index in [-0.39, 0.29) is 24.4 Å². The Morgan fingerprint density at radius 1 is 0.897 bits per heavy atom. The van der Waals surface area contributed by atoms with Gasteiger partial charge in [-0.1, -0.05) is 30.3 Å². The van der Waals surface area contributed by atoms with E-state index in [1.165, 1.54) is 4.90 Å². The molecule has 0 fully saturated rings. The number of para-hydroxylation sites is 1. The van der Waals surface area contributed by atoms with Crippen molar-refractivity contribution in [3.8, 4) is 0 Å².